The van der Waals surface area contributed by atoms with Crippen LogP contribution in [0.5, 0.6) is 0 Å². The number of anilines is 2. The zero-order chi connectivity index (χ0) is 18.3. The van der Waals surface area contributed by atoms with E-state index in [1.165, 1.54) is 11.8 Å². The highest BCUT2D eigenvalue weighted by Gasteiger charge is 2.59. The van der Waals surface area contributed by atoms with Crippen molar-refractivity contribution in [2.45, 2.75) is 11.8 Å². The number of rotatable bonds is 2. The monoisotopic (exact) mass is 387 g/mol. The fourth-order valence-corrected chi connectivity index (χ4v) is 5.19. The molecule has 2 aliphatic heterocycles. The first-order valence-electron chi connectivity index (χ1n) is 8.47. The Bertz CT molecular complexity index is 873. The van der Waals surface area contributed by atoms with Crippen molar-refractivity contribution in [3.05, 3.63) is 59.1 Å². The second-order valence-corrected chi connectivity index (χ2v) is 7.87. The molecule has 2 aromatic carbocycles. The van der Waals surface area contributed by atoms with E-state index in [9.17, 15) is 9.59 Å². The summed E-state index contributed by atoms with van der Waals surface area (Å²) in [6, 6.07) is 14.4. The number of halogens is 1. The Morgan fingerprint density at radius 2 is 1.96 bits per heavy atom. The van der Waals surface area contributed by atoms with Crippen molar-refractivity contribution in [1.82, 2.24) is 4.90 Å². The average Bonchev–Trinajstić information content (AvgIpc) is 3.19. The number of benzene rings is 2. The van der Waals surface area contributed by atoms with Crippen molar-refractivity contribution in [3.63, 3.8) is 0 Å². The van der Waals surface area contributed by atoms with E-state index in [0.717, 1.165) is 11.3 Å². The fraction of sp³-hybridized carbons (Fsp3) is 0.263. The molecule has 1 saturated heterocycles. The molecule has 1 spiro atoms. The van der Waals surface area contributed by atoms with Crippen LogP contribution < -0.4 is 10.2 Å². The van der Waals surface area contributed by atoms with Crippen LogP contribution >= 0.6 is 23.4 Å². The van der Waals surface area contributed by atoms with E-state index >= 15 is 0 Å². The molecule has 5 nitrogen and oxygen atoms in total. The normalized spacial score (nSPS) is 21.4. The maximum Gasteiger partial charge on any atom is 0.323 e. The van der Waals surface area contributed by atoms with Crippen LogP contribution in [0.3, 0.4) is 0 Å². The molecule has 7 heteroatoms. The van der Waals surface area contributed by atoms with E-state index in [1.807, 2.05) is 31.2 Å². The minimum absolute atomic E-state index is 0.0463. The first-order valence-corrected chi connectivity index (χ1v) is 9.84. The number of carbonyl (C=O) groups excluding carboxylic acids is 2. The minimum Gasteiger partial charge on any atom is -0.309 e. The van der Waals surface area contributed by atoms with Crippen molar-refractivity contribution in [2.24, 2.45) is 0 Å². The van der Waals surface area contributed by atoms with Crippen molar-refractivity contribution in [2.75, 3.05) is 29.1 Å². The van der Waals surface area contributed by atoms with Gasteiger partial charge in [-0.05, 0) is 37.3 Å². The van der Waals surface area contributed by atoms with Crippen LogP contribution in [-0.4, -0.2) is 35.7 Å². The van der Waals surface area contributed by atoms with E-state index in [1.54, 1.807) is 34.1 Å². The van der Waals surface area contributed by atoms with Crippen LogP contribution in [0.25, 0.3) is 0 Å². The zero-order valence-electron chi connectivity index (χ0n) is 14.2. The summed E-state index contributed by atoms with van der Waals surface area (Å²) in [6.45, 7) is 3.04. The molecular formula is C19H18ClN3O2S. The van der Waals surface area contributed by atoms with Gasteiger partial charge in [0.1, 0.15) is 0 Å². The molecule has 0 aliphatic carbocycles. The second-order valence-electron chi connectivity index (χ2n) is 6.15. The molecule has 2 aliphatic rings. The molecule has 0 radical (unpaired) electrons. The van der Waals surface area contributed by atoms with Crippen molar-refractivity contribution in [1.29, 1.82) is 0 Å². The zero-order valence-corrected chi connectivity index (χ0v) is 15.8. The summed E-state index contributed by atoms with van der Waals surface area (Å²) in [4.78, 5) is 28.7. The summed E-state index contributed by atoms with van der Waals surface area (Å²) in [6.07, 6.45) is 0. The number of likely N-dealkylation sites (N-methyl/N-ethyl adjacent to an activating group) is 1. The molecule has 26 heavy (non-hydrogen) atoms. The standard InChI is InChI=1S/C19H18ClN3O2S/c1-2-22-16-6-4-3-5-15(16)19(17(22)24)23(11-12-26-19)18(25)21-14-9-7-13(20)8-10-14/h3-10H,2,11-12H2,1H3,(H,21,25). The maximum absolute atomic E-state index is 13.3. The quantitative estimate of drug-likeness (QED) is 0.842. The van der Waals surface area contributed by atoms with Gasteiger partial charge in [0.15, 0.2) is 4.87 Å². The van der Waals surface area contributed by atoms with Crippen LogP contribution in [0.1, 0.15) is 12.5 Å². The largest absolute Gasteiger partial charge is 0.323 e. The highest BCUT2D eigenvalue weighted by atomic mass is 35.5. The summed E-state index contributed by atoms with van der Waals surface area (Å²) in [5, 5.41) is 3.50. The van der Waals surface area contributed by atoms with Gasteiger partial charge in [-0.15, -0.1) is 11.8 Å². The Balaban J connectivity index is 1.70. The third-order valence-electron chi connectivity index (χ3n) is 4.76. The molecule has 0 bridgehead atoms. The molecule has 0 saturated carbocycles. The highest BCUT2D eigenvalue weighted by Crippen LogP contribution is 2.53. The van der Waals surface area contributed by atoms with Gasteiger partial charge in [-0.3, -0.25) is 9.69 Å². The molecule has 134 valence electrons. The average molecular weight is 388 g/mol. The van der Waals surface area contributed by atoms with Gasteiger partial charge in [0, 0.05) is 35.1 Å². The number of thioether (sulfide) groups is 1. The predicted octanol–water partition coefficient (Wildman–Crippen LogP) is 4.14. The molecule has 1 fully saturated rings. The Labute approximate surface area is 161 Å². The fourth-order valence-electron chi connectivity index (χ4n) is 3.61. The number of hydrogen-bond acceptors (Lipinski definition) is 3. The first-order chi connectivity index (χ1) is 12.6. The summed E-state index contributed by atoms with van der Waals surface area (Å²) in [7, 11) is 0. The summed E-state index contributed by atoms with van der Waals surface area (Å²) in [5.41, 5.74) is 2.43. The van der Waals surface area contributed by atoms with Crippen LogP contribution in [0.15, 0.2) is 48.5 Å². The van der Waals surface area contributed by atoms with Crippen LogP contribution in [0.2, 0.25) is 5.02 Å². The molecule has 2 heterocycles. The molecule has 2 aromatic rings. The molecule has 4 rings (SSSR count). The summed E-state index contributed by atoms with van der Waals surface area (Å²) >= 11 is 7.43. The Morgan fingerprint density at radius 3 is 2.69 bits per heavy atom. The lowest BCUT2D eigenvalue weighted by Crippen LogP contribution is -2.51. The molecule has 1 unspecified atom stereocenters. The van der Waals surface area contributed by atoms with Crippen LogP contribution in [0, 0.1) is 0 Å². The van der Waals surface area contributed by atoms with Gasteiger partial charge < -0.3 is 10.2 Å². The number of carbonyl (C=O) groups is 2. The van der Waals surface area contributed by atoms with E-state index in [0.29, 0.717) is 29.6 Å². The molecular weight excluding hydrogens is 370 g/mol. The molecule has 1 N–H and O–H groups in total. The van der Waals surface area contributed by atoms with Gasteiger partial charge in [-0.1, -0.05) is 29.8 Å². The lowest BCUT2D eigenvalue weighted by atomic mass is 10.1. The predicted molar refractivity (Wildman–Crippen MR) is 106 cm³/mol. The van der Waals surface area contributed by atoms with Crippen molar-refractivity contribution in [3.8, 4) is 0 Å². The molecule has 1 atom stereocenters. The van der Waals surface area contributed by atoms with E-state index in [-0.39, 0.29) is 11.9 Å². The number of amides is 3. The van der Waals surface area contributed by atoms with Gasteiger partial charge >= 0.3 is 6.03 Å². The van der Waals surface area contributed by atoms with Crippen LogP contribution in [-0.2, 0) is 9.67 Å². The summed E-state index contributed by atoms with van der Waals surface area (Å²) in [5.74, 6) is 0.668. The minimum atomic E-state index is -0.983. The van der Waals surface area contributed by atoms with E-state index in [4.69, 9.17) is 11.6 Å². The van der Waals surface area contributed by atoms with Gasteiger partial charge in [0.2, 0.25) is 0 Å². The number of urea groups is 1. The van der Waals surface area contributed by atoms with E-state index in [2.05, 4.69) is 5.32 Å². The SMILES string of the molecule is CCN1C(=O)C2(SCCN2C(=O)Nc2ccc(Cl)cc2)c2ccccc21. The molecule has 3 amide bonds. The lowest BCUT2D eigenvalue weighted by molar-refractivity contribution is -0.123. The molecule has 0 aromatic heterocycles. The maximum atomic E-state index is 13.3. The number of nitrogens with zero attached hydrogens (tertiary/aromatic N) is 2. The third kappa shape index (κ3) is 2.47. The van der Waals surface area contributed by atoms with Crippen molar-refractivity contribution < 1.29 is 9.59 Å². The Hall–Kier alpha value is -2.18. The lowest BCUT2D eigenvalue weighted by Gasteiger charge is -2.33. The van der Waals surface area contributed by atoms with Crippen molar-refractivity contribution >= 4 is 46.7 Å². The van der Waals surface area contributed by atoms with Gasteiger partial charge in [-0.25, -0.2) is 4.79 Å². The number of nitrogens with one attached hydrogen (secondary N) is 1. The first kappa shape index (κ1) is 17.2. The highest BCUT2D eigenvalue weighted by molar-refractivity contribution is 8.01. The van der Waals surface area contributed by atoms with Gasteiger partial charge in [-0.2, -0.15) is 0 Å². The smallest absolute Gasteiger partial charge is 0.309 e. The van der Waals surface area contributed by atoms with Crippen LogP contribution in [0.4, 0.5) is 16.2 Å². The Kier molecular flexibility index (Phi) is 4.32. The summed E-state index contributed by atoms with van der Waals surface area (Å²) < 4.78 is 0. The number of fused-ring (bicyclic) bond motifs is 2. The number of para-hydroxylation sites is 1. The topological polar surface area (TPSA) is 52.7 Å². The third-order valence-corrected chi connectivity index (χ3v) is 6.43. The van der Waals surface area contributed by atoms with E-state index < -0.39 is 4.87 Å². The Morgan fingerprint density at radius 1 is 1.23 bits per heavy atom. The second kappa shape index (κ2) is 6.52. The number of hydrogen-bond donors (Lipinski definition) is 1. The van der Waals surface area contributed by atoms with Gasteiger partial charge in [0.05, 0.1) is 5.69 Å². The van der Waals surface area contributed by atoms with Gasteiger partial charge in [0.25, 0.3) is 5.91 Å².